The van der Waals surface area contributed by atoms with Crippen LogP contribution in [0.15, 0.2) is 59.6 Å². The van der Waals surface area contributed by atoms with E-state index < -0.39 is 11.6 Å². The number of hydrogen-bond acceptors (Lipinski definition) is 5. The predicted molar refractivity (Wildman–Crippen MR) is 112 cm³/mol. The van der Waals surface area contributed by atoms with Crippen LogP contribution in [0.1, 0.15) is 24.5 Å². The lowest BCUT2D eigenvalue weighted by molar-refractivity contribution is -0.136. The molecule has 0 bridgehead atoms. The molecule has 2 aromatic carbocycles. The van der Waals surface area contributed by atoms with Crippen molar-refractivity contribution in [2.24, 2.45) is 4.99 Å². The number of amides is 1. The molecule has 0 spiro atoms. The summed E-state index contributed by atoms with van der Waals surface area (Å²) in [6, 6.07) is 17.3. The second-order valence-electron chi connectivity index (χ2n) is 7.41. The van der Waals surface area contributed by atoms with Crippen LogP contribution in [0.3, 0.4) is 0 Å². The van der Waals surface area contributed by atoms with Crippen molar-refractivity contribution in [2.45, 2.75) is 31.4 Å². The Morgan fingerprint density at radius 1 is 1.17 bits per heavy atom. The van der Waals surface area contributed by atoms with Crippen molar-refractivity contribution in [3.63, 3.8) is 0 Å². The Balaban J connectivity index is 1.89. The Kier molecular flexibility index (Phi) is 6.54. The average molecular weight is 396 g/mol. The molecule has 1 aliphatic rings. The predicted octanol–water partition coefficient (Wildman–Crippen LogP) is 2.68. The Labute approximate surface area is 171 Å². The first-order chi connectivity index (χ1) is 14.0. The number of carbonyl (C=O) groups excluding carboxylic acids is 1. The summed E-state index contributed by atoms with van der Waals surface area (Å²) < 4.78 is 11.6. The van der Waals surface area contributed by atoms with E-state index in [1.807, 2.05) is 61.5 Å². The molecule has 3 rings (SSSR count). The monoisotopic (exact) mass is 396 g/mol. The van der Waals surface area contributed by atoms with Gasteiger partial charge in [-0.2, -0.15) is 0 Å². The average Bonchev–Trinajstić information content (AvgIpc) is 3.06. The molecule has 0 saturated carbocycles. The second-order valence-corrected chi connectivity index (χ2v) is 7.41. The summed E-state index contributed by atoms with van der Waals surface area (Å²) in [6.45, 7) is 2.46. The summed E-state index contributed by atoms with van der Waals surface area (Å²) in [7, 11) is 3.49. The van der Waals surface area contributed by atoms with Gasteiger partial charge in [-0.05, 0) is 36.8 Å². The van der Waals surface area contributed by atoms with E-state index >= 15 is 0 Å². The van der Waals surface area contributed by atoms with Crippen molar-refractivity contribution in [3.8, 4) is 5.75 Å². The molecule has 0 saturated heterocycles. The van der Waals surface area contributed by atoms with E-state index in [4.69, 9.17) is 19.6 Å². The fraction of sp³-hybridized carbons (Fsp3) is 0.391. The van der Waals surface area contributed by atoms with Gasteiger partial charge in [0.2, 0.25) is 5.90 Å². The van der Waals surface area contributed by atoms with Gasteiger partial charge in [0.05, 0.1) is 6.61 Å². The second kappa shape index (κ2) is 9.09. The molecular formula is C23H28N2O4. The summed E-state index contributed by atoms with van der Waals surface area (Å²) in [4.78, 5) is 19.6. The van der Waals surface area contributed by atoms with Gasteiger partial charge in [0, 0.05) is 39.1 Å². The fourth-order valence-electron chi connectivity index (χ4n) is 3.42. The molecule has 6 heteroatoms. The molecule has 1 N–H and O–H groups in total. The molecule has 1 amide bonds. The topological polar surface area (TPSA) is 71.4 Å². The molecule has 29 heavy (non-hydrogen) atoms. The number of aliphatic hydroxyl groups is 1. The minimum atomic E-state index is -1.00. The van der Waals surface area contributed by atoms with Gasteiger partial charge in [-0.15, -0.1) is 0 Å². The molecule has 0 unspecified atom stereocenters. The third-order valence-electron chi connectivity index (χ3n) is 5.03. The molecule has 0 fully saturated rings. The summed E-state index contributed by atoms with van der Waals surface area (Å²) in [5, 5.41) is 8.85. The van der Waals surface area contributed by atoms with Gasteiger partial charge in [0.25, 0.3) is 5.91 Å². The normalized spacial score (nSPS) is 20.7. The van der Waals surface area contributed by atoms with Gasteiger partial charge in [-0.3, -0.25) is 4.79 Å². The highest BCUT2D eigenvalue weighted by atomic mass is 16.5. The molecule has 1 aliphatic heterocycles. The number of ether oxygens (including phenoxy) is 2. The van der Waals surface area contributed by atoms with E-state index in [-0.39, 0.29) is 12.5 Å². The van der Waals surface area contributed by atoms with Crippen LogP contribution >= 0.6 is 0 Å². The molecule has 0 aliphatic carbocycles. The zero-order valence-electron chi connectivity index (χ0n) is 17.2. The van der Waals surface area contributed by atoms with Crippen molar-refractivity contribution in [3.05, 3.63) is 65.7 Å². The van der Waals surface area contributed by atoms with Crippen LogP contribution in [0.4, 0.5) is 0 Å². The van der Waals surface area contributed by atoms with Crippen molar-refractivity contribution >= 4 is 11.8 Å². The lowest BCUT2D eigenvalue weighted by Crippen LogP contribution is -2.52. The van der Waals surface area contributed by atoms with Gasteiger partial charge in [0.1, 0.15) is 11.9 Å². The van der Waals surface area contributed by atoms with Gasteiger partial charge in [-0.25, -0.2) is 4.99 Å². The quantitative estimate of drug-likeness (QED) is 0.697. The van der Waals surface area contributed by atoms with E-state index in [0.717, 1.165) is 11.1 Å². The van der Waals surface area contributed by atoms with Crippen LogP contribution < -0.4 is 4.74 Å². The molecule has 2 atom stereocenters. The number of rotatable bonds is 8. The maximum absolute atomic E-state index is 13.2. The van der Waals surface area contributed by atoms with Gasteiger partial charge < -0.3 is 19.5 Å². The van der Waals surface area contributed by atoms with Crippen LogP contribution in [-0.4, -0.2) is 60.8 Å². The standard InChI is InChI=1S/C23H28N2O4/c1-17-23(22(27)25(2)3,16-18-8-5-4-6-9-18)24-21(29-17)19-10-12-20(13-11-19)28-15-7-14-26/h4-6,8-13,17,26H,7,14-16H2,1-3H3/t17-,23-/m1/s1. The number of aliphatic imine (C=N–C) groups is 1. The van der Waals surface area contributed by atoms with Crippen LogP contribution in [-0.2, 0) is 16.0 Å². The summed E-state index contributed by atoms with van der Waals surface area (Å²) in [5.41, 5.74) is 0.833. The Morgan fingerprint density at radius 3 is 2.48 bits per heavy atom. The van der Waals surface area contributed by atoms with E-state index in [1.165, 1.54) is 0 Å². The molecule has 6 nitrogen and oxygen atoms in total. The van der Waals surface area contributed by atoms with Gasteiger partial charge >= 0.3 is 0 Å². The molecule has 1 heterocycles. The van der Waals surface area contributed by atoms with Gasteiger partial charge in [0.15, 0.2) is 5.54 Å². The molecule has 2 aromatic rings. The van der Waals surface area contributed by atoms with Crippen LogP contribution in [0.2, 0.25) is 0 Å². The molecule has 154 valence electrons. The molecule has 0 radical (unpaired) electrons. The minimum absolute atomic E-state index is 0.0761. The van der Waals surface area contributed by atoms with Crippen LogP contribution in [0.5, 0.6) is 5.75 Å². The lowest BCUT2D eigenvalue weighted by Gasteiger charge is -2.30. The van der Waals surface area contributed by atoms with Gasteiger partial charge in [-0.1, -0.05) is 30.3 Å². The van der Waals surface area contributed by atoms with Crippen molar-refractivity contribution in [1.82, 2.24) is 4.90 Å². The van der Waals surface area contributed by atoms with Crippen LogP contribution in [0, 0.1) is 0 Å². The zero-order chi connectivity index (χ0) is 20.9. The Hall–Kier alpha value is -2.86. The van der Waals surface area contributed by atoms with E-state index in [9.17, 15) is 4.79 Å². The highest BCUT2D eigenvalue weighted by Gasteiger charge is 2.51. The summed E-state index contributed by atoms with van der Waals surface area (Å²) >= 11 is 0. The number of benzene rings is 2. The maximum atomic E-state index is 13.2. The number of carbonyl (C=O) groups is 1. The number of nitrogens with zero attached hydrogens (tertiary/aromatic N) is 2. The number of likely N-dealkylation sites (N-methyl/N-ethyl adjacent to an activating group) is 1. The molecular weight excluding hydrogens is 368 g/mol. The number of aliphatic hydroxyl groups excluding tert-OH is 1. The Bertz CT molecular complexity index is 849. The van der Waals surface area contributed by atoms with Crippen molar-refractivity contribution in [1.29, 1.82) is 0 Å². The lowest BCUT2D eigenvalue weighted by atomic mass is 9.85. The smallest absolute Gasteiger partial charge is 0.254 e. The van der Waals surface area contributed by atoms with Crippen LogP contribution in [0.25, 0.3) is 0 Å². The number of hydrogen-bond donors (Lipinski definition) is 1. The maximum Gasteiger partial charge on any atom is 0.254 e. The van der Waals surface area contributed by atoms with E-state index in [2.05, 4.69) is 0 Å². The molecule has 0 aromatic heterocycles. The highest BCUT2D eigenvalue weighted by Crippen LogP contribution is 2.33. The SMILES string of the molecule is C[C@H]1OC(c2ccc(OCCCO)cc2)=N[C@@]1(Cc1ccccc1)C(=O)N(C)C. The van der Waals surface area contributed by atoms with Crippen molar-refractivity contribution in [2.75, 3.05) is 27.3 Å². The zero-order valence-corrected chi connectivity index (χ0v) is 17.2. The first-order valence-electron chi connectivity index (χ1n) is 9.82. The Morgan fingerprint density at radius 2 is 1.86 bits per heavy atom. The first-order valence-corrected chi connectivity index (χ1v) is 9.82. The third-order valence-corrected chi connectivity index (χ3v) is 5.03. The summed E-state index contributed by atoms with van der Waals surface area (Å²) in [6.07, 6.45) is 0.662. The third kappa shape index (κ3) is 4.59. The van der Waals surface area contributed by atoms with E-state index in [1.54, 1.807) is 19.0 Å². The largest absolute Gasteiger partial charge is 0.494 e. The highest BCUT2D eigenvalue weighted by molar-refractivity contribution is 6.00. The van der Waals surface area contributed by atoms with Crippen molar-refractivity contribution < 1.29 is 19.4 Å². The minimum Gasteiger partial charge on any atom is -0.494 e. The fourth-order valence-corrected chi connectivity index (χ4v) is 3.42. The van der Waals surface area contributed by atoms with E-state index in [0.29, 0.717) is 31.1 Å². The summed E-state index contributed by atoms with van der Waals surface area (Å²) in [5.74, 6) is 1.10. The first kappa shape index (κ1) is 20.9.